The second-order valence-corrected chi connectivity index (χ2v) is 5.86. The van der Waals surface area contributed by atoms with Crippen LogP contribution in [0.2, 0.25) is 0 Å². The summed E-state index contributed by atoms with van der Waals surface area (Å²) in [7, 11) is 0. The minimum Gasteiger partial charge on any atom is -0.506 e. The van der Waals surface area contributed by atoms with Gasteiger partial charge >= 0.3 is 18.3 Å². The average molecular weight is 480 g/mol. The number of benzene rings is 2. The molecule has 0 bridgehead atoms. The number of carboxylic acids is 1. The summed E-state index contributed by atoms with van der Waals surface area (Å²) in [5, 5.41) is 18.5. The van der Waals surface area contributed by atoms with Crippen molar-refractivity contribution in [3.05, 3.63) is 33.4 Å². The Kier molecular flexibility index (Phi) is 4.99. The Morgan fingerprint density at radius 2 is 1.64 bits per heavy atom. The lowest BCUT2D eigenvalue weighted by atomic mass is 10.0. The molecule has 0 aliphatic heterocycles. The molecule has 2 aromatic carbocycles. The zero-order valence-corrected chi connectivity index (χ0v) is 13.9. The Labute approximate surface area is 149 Å². The fourth-order valence-electron chi connectivity index (χ4n) is 2.03. The fourth-order valence-corrected chi connectivity index (χ4v) is 2.92. The maximum Gasteiger partial charge on any atom is 0.439 e. The first-order valence-corrected chi connectivity index (χ1v) is 7.40. The van der Waals surface area contributed by atoms with Gasteiger partial charge in [-0.1, -0.05) is 24.3 Å². The first-order chi connectivity index (χ1) is 11.4. The molecule has 1 atom stereocenters. The Morgan fingerprint density at radius 3 is 2.12 bits per heavy atom. The maximum atomic E-state index is 13.6. The van der Waals surface area contributed by atoms with Crippen LogP contribution in [-0.4, -0.2) is 34.6 Å². The average Bonchev–Trinajstić information content (AvgIpc) is 2.49. The summed E-state index contributed by atoms with van der Waals surface area (Å²) >= 11 is 1.21. The van der Waals surface area contributed by atoms with Crippen LogP contribution >= 0.6 is 22.6 Å². The predicted molar refractivity (Wildman–Crippen MR) is 81.8 cm³/mol. The van der Waals surface area contributed by atoms with E-state index in [4.69, 9.17) is 5.11 Å². The number of alkyl halides is 6. The topological polar surface area (TPSA) is 66.8 Å². The zero-order chi connectivity index (χ0) is 19.2. The van der Waals surface area contributed by atoms with Gasteiger partial charge in [0.2, 0.25) is 0 Å². The van der Waals surface area contributed by atoms with Crippen LogP contribution in [0.1, 0.15) is 10.4 Å². The van der Waals surface area contributed by atoms with E-state index >= 15 is 0 Å². The van der Waals surface area contributed by atoms with E-state index in [0.29, 0.717) is 0 Å². The molecule has 0 saturated heterocycles. The van der Waals surface area contributed by atoms with Crippen molar-refractivity contribution in [2.75, 3.05) is 0 Å². The van der Waals surface area contributed by atoms with Crippen molar-refractivity contribution in [2.24, 2.45) is 0 Å². The van der Waals surface area contributed by atoms with E-state index in [2.05, 4.69) is 4.74 Å². The zero-order valence-electron chi connectivity index (χ0n) is 11.7. The molecule has 11 heteroatoms. The van der Waals surface area contributed by atoms with Gasteiger partial charge < -0.3 is 14.9 Å². The standard InChI is InChI=1S/C14H7F6IO4/c15-12(13(16,17)18)14(19,20)25-10-6-4-2-1-3-5(6)9(22)7(8(10)21)11(23)24/h1-4,12,22H,(H,23,24). The summed E-state index contributed by atoms with van der Waals surface area (Å²) < 4.78 is 80.5. The smallest absolute Gasteiger partial charge is 0.439 e. The van der Waals surface area contributed by atoms with E-state index < -0.39 is 45.1 Å². The number of carboxylic acid groups (broad SMARTS) is 1. The quantitative estimate of drug-likeness (QED) is 0.491. The van der Waals surface area contributed by atoms with Gasteiger partial charge in [-0.25, -0.2) is 9.18 Å². The number of phenols is 1. The van der Waals surface area contributed by atoms with Crippen LogP contribution < -0.4 is 4.74 Å². The fraction of sp³-hybridized carbons (Fsp3) is 0.214. The molecule has 0 heterocycles. The number of hydrogen-bond acceptors (Lipinski definition) is 3. The van der Waals surface area contributed by atoms with Crippen LogP contribution in [0.15, 0.2) is 24.3 Å². The van der Waals surface area contributed by atoms with Gasteiger partial charge in [0, 0.05) is 10.8 Å². The summed E-state index contributed by atoms with van der Waals surface area (Å²) in [6.45, 7) is 0. The number of ether oxygens (including phenoxy) is 1. The number of halogens is 7. The second-order valence-electron chi connectivity index (χ2n) is 4.79. The van der Waals surface area contributed by atoms with E-state index in [1.54, 1.807) is 0 Å². The molecule has 0 fully saturated rings. The summed E-state index contributed by atoms with van der Waals surface area (Å²) in [6, 6.07) is 4.88. The molecule has 0 aromatic heterocycles. The van der Waals surface area contributed by atoms with Gasteiger partial charge in [-0.3, -0.25) is 0 Å². The van der Waals surface area contributed by atoms with Crippen LogP contribution in [0.25, 0.3) is 10.8 Å². The molecule has 0 amide bonds. The maximum absolute atomic E-state index is 13.6. The number of aromatic hydroxyl groups is 1. The van der Waals surface area contributed by atoms with Crippen LogP contribution in [0.5, 0.6) is 11.5 Å². The van der Waals surface area contributed by atoms with E-state index in [-0.39, 0.29) is 10.8 Å². The highest BCUT2D eigenvalue weighted by Crippen LogP contribution is 2.44. The highest BCUT2D eigenvalue weighted by Gasteiger charge is 2.59. The summed E-state index contributed by atoms with van der Waals surface area (Å²) in [5.74, 6) is -3.49. The lowest BCUT2D eigenvalue weighted by Gasteiger charge is -2.25. The molecule has 2 rings (SSSR count). The minimum atomic E-state index is -5.89. The first-order valence-electron chi connectivity index (χ1n) is 6.32. The van der Waals surface area contributed by atoms with E-state index in [1.165, 1.54) is 34.7 Å². The second kappa shape index (κ2) is 6.42. The number of carbonyl (C=O) groups is 1. The summed E-state index contributed by atoms with van der Waals surface area (Å²) in [4.78, 5) is 11.2. The molecule has 2 N–H and O–H groups in total. The van der Waals surface area contributed by atoms with Crippen LogP contribution in [0.3, 0.4) is 0 Å². The predicted octanol–water partition coefficient (Wildman–Crippen LogP) is 4.72. The van der Waals surface area contributed by atoms with Gasteiger partial charge in [-0.2, -0.15) is 22.0 Å². The van der Waals surface area contributed by atoms with Crippen molar-refractivity contribution < 1.29 is 46.1 Å². The normalized spacial score (nSPS) is 13.7. The van der Waals surface area contributed by atoms with Crippen molar-refractivity contribution in [1.29, 1.82) is 0 Å². The third kappa shape index (κ3) is 3.55. The molecule has 1 unspecified atom stereocenters. The Bertz CT molecular complexity index is 836. The molecule has 0 saturated carbocycles. The summed E-state index contributed by atoms with van der Waals surface area (Å²) in [6.07, 6.45) is -15.8. The van der Waals surface area contributed by atoms with Crippen molar-refractivity contribution in [3.63, 3.8) is 0 Å². The van der Waals surface area contributed by atoms with Gasteiger partial charge in [-0.05, 0) is 22.6 Å². The highest BCUT2D eigenvalue weighted by atomic mass is 127. The van der Waals surface area contributed by atoms with Crippen molar-refractivity contribution >= 4 is 39.3 Å². The lowest BCUT2D eigenvalue weighted by Crippen LogP contribution is -2.45. The molecule has 0 spiro atoms. The van der Waals surface area contributed by atoms with Gasteiger partial charge in [0.15, 0.2) is 0 Å². The van der Waals surface area contributed by atoms with Crippen molar-refractivity contribution in [1.82, 2.24) is 0 Å². The SMILES string of the molecule is O=C(O)c1c(I)c(OC(F)(F)C(F)C(F)(F)F)c2ccccc2c1O. The van der Waals surface area contributed by atoms with Gasteiger partial charge in [0.25, 0.3) is 6.17 Å². The molecular weight excluding hydrogens is 473 g/mol. The number of rotatable bonds is 4. The third-order valence-corrected chi connectivity index (χ3v) is 4.15. The van der Waals surface area contributed by atoms with Gasteiger partial charge in [0.1, 0.15) is 17.1 Å². The Hall–Kier alpha value is -1.92. The monoisotopic (exact) mass is 480 g/mol. The molecule has 25 heavy (non-hydrogen) atoms. The Balaban J connectivity index is 2.71. The summed E-state index contributed by atoms with van der Waals surface area (Å²) in [5.41, 5.74) is -0.854. The molecule has 0 radical (unpaired) electrons. The number of aromatic carboxylic acids is 1. The third-order valence-electron chi connectivity index (χ3n) is 3.12. The molecule has 2 aromatic rings. The minimum absolute atomic E-state index is 0.256. The number of hydrogen-bond donors (Lipinski definition) is 2. The van der Waals surface area contributed by atoms with Crippen LogP contribution in [0, 0.1) is 3.57 Å². The molecule has 136 valence electrons. The van der Waals surface area contributed by atoms with Gasteiger partial charge in [0.05, 0.1) is 3.57 Å². The van der Waals surface area contributed by atoms with Crippen LogP contribution in [0.4, 0.5) is 26.3 Å². The van der Waals surface area contributed by atoms with Gasteiger partial charge in [-0.15, -0.1) is 0 Å². The van der Waals surface area contributed by atoms with E-state index in [0.717, 1.165) is 12.1 Å². The largest absolute Gasteiger partial charge is 0.506 e. The highest BCUT2D eigenvalue weighted by molar-refractivity contribution is 14.1. The number of fused-ring (bicyclic) bond motifs is 1. The van der Waals surface area contributed by atoms with Crippen molar-refractivity contribution in [3.8, 4) is 11.5 Å². The molecular formula is C14H7F6IO4. The molecule has 4 nitrogen and oxygen atoms in total. The first kappa shape index (κ1) is 19.4. The Morgan fingerprint density at radius 1 is 1.12 bits per heavy atom. The van der Waals surface area contributed by atoms with Crippen LogP contribution in [-0.2, 0) is 0 Å². The van der Waals surface area contributed by atoms with Crippen molar-refractivity contribution in [2.45, 2.75) is 18.5 Å². The molecule has 0 aliphatic rings. The van der Waals surface area contributed by atoms with E-state index in [1.807, 2.05) is 0 Å². The lowest BCUT2D eigenvalue weighted by molar-refractivity contribution is -0.304. The molecule has 0 aliphatic carbocycles. The van der Waals surface area contributed by atoms with E-state index in [9.17, 15) is 36.2 Å².